The molecule has 0 radical (unpaired) electrons. The van der Waals surface area contributed by atoms with Gasteiger partial charge >= 0.3 is 5.97 Å². The number of carbonyl (C=O) groups is 6. The molecule has 0 aliphatic rings. The number of hydrogen-bond donors (Lipinski definition) is 8. The maximum atomic E-state index is 12.6. The number of amides is 5. The zero-order valence-corrected chi connectivity index (χ0v) is 23.0. The second kappa shape index (κ2) is 14.1. The maximum Gasteiger partial charge on any atom is 0.325 e. The first-order valence-electron chi connectivity index (χ1n) is 12.8. The van der Waals surface area contributed by atoms with Gasteiger partial charge in [0.1, 0.15) is 30.2 Å². The summed E-state index contributed by atoms with van der Waals surface area (Å²) >= 11 is 0. The Labute approximate surface area is 231 Å². The minimum absolute atomic E-state index is 0.252. The van der Waals surface area contributed by atoms with Gasteiger partial charge in [-0.1, -0.05) is 18.2 Å². The molecule has 1 aromatic heterocycles. The number of aromatic amines is 1. The number of hydrogen-bond acceptors (Lipinski definition) is 7. The van der Waals surface area contributed by atoms with E-state index in [-0.39, 0.29) is 6.42 Å². The first-order chi connectivity index (χ1) is 18.7. The number of carboxylic acids is 1. The Morgan fingerprint density at radius 3 is 1.55 bits per heavy atom. The lowest BCUT2D eigenvalue weighted by Gasteiger charge is -2.22. The van der Waals surface area contributed by atoms with Gasteiger partial charge in [0.2, 0.25) is 29.5 Å². The SMILES string of the molecule is C[C@H](NC(=O)[C@H](C)NC(=O)[C@H](C)NC(=O)[C@H](C)NC(=O)[C@H](C)NC(=O)[C@@H](N)Cc1c[nH]c2ccccc12)C(=O)O. The molecule has 5 amide bonds. The van der Waals surface area contributed by atoms with Crippen molar-refractivity contribution in [3.63, 3.8) is 0 Å². The zero-order chi connectivity index (χ0) is 30.1. The molecule has 0 spiro atoms. The third kappa shape index (κ3) is 8.80. The van der Waals surface area contributed by atoms with E-state index in [2.05, 4.69) is 31.6 Å². The molecular formula is C26H37N7O7. The predicted octanol–water partition coefficient (Wildman–Crippen LogP) is -1.35. The highest BCUT2D eigenvalue weighted by Gasteiger charge is 2.27. The lowest BCUT2D eigenvalue weighted by molar-refractivity contribution is -0.141. The van der Waals surface area contributed by atoms with Gasteiger partial charge in [-0.05, 0) is 52.7 Å². The van der Waals surface area contributed by atoms with Crippen LogP contribution in [0.25, 0.3) is 10.9 Å². The van der Waals surface area contributed by atoms with E-state index in [1.54, 1.807) is 6.20 Å². The molecule has 0 aliphatic carbocycles. The topological polar surface area (TPSA) is 225 Å². The number of nitrogens with one attached hydrogen (secondary N) is 6. The van der Waals surface area contributed by atoms with Crippen LogP contribution in [0.4, 0.5) is 0 Å². The number of carbonyl (C=O) groups excluding carboxylic acids is 5. The maximum absolute atomic E-state index is 12.6. The minimum Gasteiger partial charge on any atom is -0.480 e. The summed E-state index contributed by atoms with van der Waals surface area (Å²) in [5.74, 6) is -4.48. The van der Waals surface area contributed by atoms with Crippen molar-refractivity contribution in [3.8, 4) is 0 Å². The van der Waals surface area contributed by atoms with Gasteiger partial charge in [-0.3, -0.25) is 28.8 Å². The van der Waals surface area contributed by atoms with Crippen LogP contribution >= 0.6 is 0 Å². The number of para-hydroxylation sites is 1. The Kier molecular flexibility index (Phi) is 11.2. The molecule has 2 rings (SSSR count). The van der Waals surface area contributed by atoms with Crippen LogP contribution in [0.2, 0.25) is 0 Å². The van der Waals surface area contributed by atoms with Crippen molar-refractivity contribution in [1.82, 2.24) is 31.6 Å². The van der Waals surface area contributed by atoms with Crippen LogP contribution in [0.5, 0.6) is 0 Å². The standard InChI is InChI=1S/C26H37N7O7/c1-12(22(35)31-14(3)24(37)33-16(5)26(39)40)29-21(34)13(2)30-23(36)15(4)32-25(38)19(27)10-17-11-28-20-9-7-6-8-18(17)20/h6-9,11-16,19,28H,10,27H2,1-5H3,(H,29,34)(H,30,36)(H,31,35)(H,32,38)(H,33,37)(H,39,40)/t12-,13-,14-,15-,16-,19-/m0/s1. The fraction of sp³-hybridized carbons (Fsp3) is 0.462. The van der Waals surface area contributed by atoms with Crippen LogP contribution < -0.4 is 32.3 Å². The van der Waals surface area contributed by atoms with E-state index < -0.39 is 71.8 Å². The molecule has 218 valence electrons. The molecule has 0 saturated carbocycles. The van der Waals surface area contributed by atoms with Crippen LogP contribution in [0.15, 0.2) is 30.5 Å². The van der Waals surface area contributed by atoms with E-state index in [0.717, 1.165) is 16.5 Å². The first-order valence-corrected chi connectivity index (χ1v) is 12.8. The molecule has 1 heterocycles. The largest absolute Gasteiger partial charge is 0.480 e. The molecule has 0 fully saturated rings. The molecule has 0 aliphatic heterocycles. The molecule has 0 saturated heterocycles. The number of fused-ring (bicyclic) bond motifs is 1. The fourth-order valence-corrected chi connectivity index (χ4v) is 3.63. The van der Waals surface area contributed by atoms with Gasteiger partial charge in [0.05, 0.1) is 6.04 Å². The normalized spacial score (nSPS) is 15.4. The molecule has 14 heteroatoms. The van der Waals surface area contributed by atoms with E-state index in [0.29, 0.717) is 0 Å². The average Bonchev–Trinajstić information content (AvgIpc) is 3.30. The summed E-state index contributed by atoms with van der Waals surface area (Å²) in [6.45, 7) is 6.87. The van der Waals surface area contributed by atoms with E-state index in [1.807, 2.05) is 24.3 Å². The lowest BCUT2D eigenvalue weighted by Crippen LogP contribution is -2.57. The molecule has 40 heavy (non-hydrogen) atoms. The highest BCUT2D eigenvalue weighted by Crippen LogP contribution is 2.18. The summed E-state index contributed by atoms with van der Waals surface area (Å²) in [5, 5.41) is 21.8. The first kappa shape index (κ1) is 31.8. The van der Waals surface area contributed by atoms with Crippen molar-refractivity contribution in [3.05, 3.63) is 36.0 Å². The van der Waals surface area contributed by atoms with E-state index in [1.165, 1.54) is 34.6 Å². The second-order valence-electron chi connectivity index (χ2n) is 9.66. The fourth-order valence-electron chi connectivity index (χ4n) is 3.63. The molecular weight excluding hydrogens is 522 g/mol. The summed E-state index contributed by atoms with van der Waals surface area (Å²) < 4.78 is 0. The van der Waals surface area contributed by atoms with Crippen LogP contribution in [0, 0.1) is 0 Å². The summed E-state index contributed by atoms with van der Waals surface area (Å²) in [4.78, 5) is 76.0. The Morgan fingerprint density at radius 2 is 1.10 bits per heavy atom. The Morgan fingerprint density at radius 1 is 0.700 bits per heavy atom. The summed E-state index contributed by atoms with van der Waals surface area (Å²) in [7, 11) is 0. The van der Waals surface area contributed by atoms with Gasteiger partial charge in [0.25, 0.3) is 0 Å². The van der Waals surface area contributed by atoms with Crippen molar-refractivity contribution >= 4 is 46.4 Å². The number of nitrogens with two attached hydrogens (primary N) is 1. The van der Waals surface area contributed by atoms with Crippen LogP contribution in [0.3, 0.4) is 0 Å². The molecule has 14 nitrogen and oxygen atoms in total. The quantitative estimate of drug-likeness (QED) is 0.146. The van der Waals surface area contributed by atoms with Gasteiger partial charge < -0.3 is 42.4 Å². The minimum atomic E-state index is -1.23. The monoisotopic (exact) mass is 559 g/mol. The average molecular weight is 560 g/mol. The summed E-state index contributed by atoms with van der Waals surface area (Å²) in [6, 6.07) is 1.36. The summed E-state index contributed by atoms with van der Waals surface area (Å²) in [6.07, 6.45) is 2.03. The van der Waals surface area contributed by atoms with Crippen molar-refractivity contribution < 1.29 is 33.9 Å². The third-order valence-electron chi connectivity index (χ3n) is 6.19. The van der Waals surface area contributed by atoms with Crippen molar-refractivity contribution in [2.75, 3.05) is 0 Å². The Bertz CT molecular complexity index is 1260. The van der Waals surface area contributed by atoms with Crippen LogP contribution in [-0.4, -0.2) is 81.8 Å². The smallest absolute Gasteiger partial charge is 0.325 e. The molecule has 9 N–H and O–H groups in total. The van der Waals surface area contributed by atoms with Crippen LogP contribution in [-0.2, 0) is 35.2 Å². The number of H-pyrrole nitrogens is 1. The van der Waals surface area contributed by atoms with Gasteiger partial charge in [-0.2, -0.15) is 0 Å². The Hall–Kier alpha value is -4.46. The second-order valence-corrected chi connectivity index (χ2v) is 9.66. The molecule has 0 unspecified atom stereocenters. The Balaban J connectivity index is 1.80. The summed E-state index contributed by atoms with van der Waals surface area (Å²) in [5.41, 5.74) is 7.84. The van der Waals surface area contributed by atoms with Gasteiger partial charge in [-0.25, -0.2) is 0 Å². The van der Waals surface area contributed by atoms with Gasteiger partial charge in [0, 0.05) is 17.1 Å². The zero-order valence-electron chi connectivity index (χ0n) is 23.0. The lowest BCUT2D eigenvalue weighted by atomic mass is 10.0. The number of aromatic nitrogens is 1. The number of aliphatic carboxylic acids is 1. The number of benzene rings is 1. The van der Waals surface area contributed by atoms with Crippen molar-refractivity contribution in [2.24, 2.45) is 5.73 Å². The number of carboxylic acid groups (broad SMARTS) is 1. The molecule has 0 bridgehead atoms. The number of rotatable bonds is 13. The van der Waals surface area contributed by atoms with E-state index >= 15 is 0 Å². The highest BCUT2D eigenvalue weighted by molar-refractivity contribution is 5.96. The predicted molar refractivity (Wildman–Crippen MR) is 146 cm³/mol. The third-order valence-corrected chi connectivity index (χ3v) is 6.19. The highest BCUT2D eigenvalue weighted by atomic mass is 16.4. The molecule has 1 aromatic carbocycles. The molecule has 6 atom stereocenters. The van der Waals surface area contributed by atoms with Crippen LogP contribution in [0.1, 0.15) is 40.2 Å². The van der Waals surface area contributed by atoms with Crippen molar-refractivity contribution in [2.45, 2.75) is 77.3 Å². The van der Waals surface area contributed by atoms with E-state index in [4.69, 9.17) is 10.8 Å². The van der Waals surface area contributed by atoms with Crippen molar-refractivity contribution in [1.29, 1.82) is 0 Å². The van der Waals surface area contributed by atoms with Gasteiger partial charge in [-0.15, -0.1) is 0 Å². The molecule has 2 aromatic rings. The van der Waals surface area contributed by atoms with Gasteiger partial charge in [0.15, 0.2) is 0 Å². The van der Waals surface area contributed by atoms with E-state index in [9.17, 15) is 28.8 Å².